The number of benzene rings is 1. The normalized spacial score (nSPS) is 30.5. The van der Waals surface area contributed by atoms with Crippen molar-refractivity contribution in [3.63, 3.8) is 0 Å². The van der Waals surface area contributed by atoms with Gasteiger partial charge in [0.2, 0.25) is 0 Å². The van der Waals surface area contributed by atoms with E-state index in [0.717, 1.165) is 5.69 Å². The van der Waals surface area contributed by atoms with Crippen molar-refractivity contribution in [3.05, 3.63) is 42.1 Å². The van der Waals surface area contributed by atoms with Crippen LogP contribution in [0.25, 0.3) is 0 Å². The molecule has 1 aliphatic rings. The molecule has 0 amide bonds. The van der Waals surface area contributed by atoms with Crippen molar-refractivity contribution in [2.45, 2.75) is 13.8 Å². The fraction of sp³-hybridized carbons (Fsp3) is 0.364. The zero-order valence-electron chi connectivity index (χ0n) is 8.53. The van der Waals surface area contributed by atoms with Crippen LogP contribution >= 0.6 is 0 Å². The van der Waals surface area contributed by atoms with Gasteiger partial charge in [0.25, 0.3) is 0 Å². The molecule has 1 atom stereocenters. The summed E-state index contributed by atoms with van der Waals surface area (Å²) in [6.07, 6.45) is 0. The van der Waals surface area contributed by atoms with Crippen LogP contribution in [0.2, 0.25) is 0 Å². The Balaban J connectivity index is 2.27. The van der Waals surface area contributed by atoms with E-state index >= 15 is 0 Å². The number of nitrogens with one attached hydrogen (secondary N) is 1. The summed E-state index contributed by atoms with van der Waals surface area (Å²) in [6.45, 7) is 6.53. The average molecular weight is 191 g/mol. The Kier molecular flexibility index (Phi) is 2.10. The number of para-hydroxylation sites is 1. The van der Waals surface area contributed by atoms with Gasteiger partial charge in [0, 0.05) is 12.1 Å². The lowest BCUT2D eigenvalue weighted by atomic mass is 9.95. The third kappa shape index (κ3) is 1.66. The Hall–Kier alpha value is -0.900. The summed E-state index contributed by atoms with van der Waals surface area (Å²) in [5.74, 6) is 0. The van der Waals surface area contributed by atoms with Gasteiger partial charge in [0.15, 0.2) is 0 Å². The summed E-state index contributed by atoms with van der Waals surface area (Å²) < 4.78 is -0.451. The quantitative estimate of drug-likeness (QED) is 0.419. The molecule has 0 radical (unpaired) electrons. The van der Waals surface area contributed by atoms with Crippen LogP contribution in [0, 0.1) is 17.2 Å². The van der Waals surface area contributed by atoms with Crippen LogP contribution in [0.1, 0.15) is 13.8 Å². The molecule has 1 saturated heterocycles. The fourth-order valence-corrected chi connectivity index (χ4v) is 1.78. The molecule has 1 N–H and O–H groups in total. The Labute approximate surface area is 84.5 Å². The zero-order chi connectivity index (χ0) is 10.2. The molecular weight excluding hydrogens is 176 g/mol. The van der Waals surface area contributed by atoms with E-state index in [1.807, 2.05) is 36.9 Å². The second kappa shape index (κ2) is 3.05. The van der Waals surface area contributed by atoms with Gasteiger partial charge < -0.3 is 10.6 Å². The van der Waals surface area contributed by atoms with Gasteiger partial charge in [0.05, 0.1) is 6.54 Å². The first-order chi connectivity index (χ1) is 6.52. The lowest BCUT2D eigenvalue weighted by Gasteiger charge is -2.41. The molecule has 1 fully saturated rings. The molecule has 0 spiro atoms. The molecule has 3 nitrogen and oxygen atoms in total. The first kappa shape index (κ1) is 9.65. The number of nitrogens with zero attached hydrogens (tertiary/aromatic N) is 1. The Morgan fingerprint density at radius 1 is 1.36 bits per heavy atom. The number of rotatable bonds is 1. The third-order valence-electron chi connectivity index (χ3n) is 2.47. The monoisotopic (exact) mass is 191 g/mol. The van der Waals surface area contributed by atoms with E-state index in [2.05, 4.69) is 19.3 Å². The van der Waals surface area contributed by atoms with E-state index < -0.39 is 4.76 Å². The lowest BCUT2D eigenvalue weighted by molar-refractivity contribution is 0.327. The van der Waals surface area contributed by atoms with Gasteiger partial charge >= 0.3 is 0 Å². The molecule has 1 aliphatic heterocycles. The predicted molar refractivity (Wildman–Crippen MR) is 57.7 cm³/mol. The predicted octanol–water partition coefficient (Wildman–Crippen LogP) is 2.20. The van der Waals surface area contributed by atoms with Crippen molar-refractivity contribution in [1.82, 2.24) is 10.2 Å². The van der Waals surface area contributed by atoms with Gasteiger partial charge in [0.1, 0.15) is 5.69 Å². The molecule has 76 valence electrons. The second-order valence-corrected chi connectivity index (χ2v) is 4.50. The third-order valence-corrected chi connectivity index (χ3v) is 2.47. The highest BCUT2D eigenvalue weighted by molar-refractivity contribution is 5.43. The van der Waals surface area contributed by atoms with Crippen LogP contribution < -0.4 is 10.2 Å². The van der Waals surface area contributed by atoms with Gasteiger partial charge in [-0.25, -0.2) is 6.54 Å². The maximum Gasteiger partial charge on any atom is 0.149 e. The Bertz CT molecular complexity index is 323. The molecule has 0 saturated carbocycles. The van der Waals surface area contributed by atoms with Crippen molar-refractivity contribution in [3.8, 4) is 0 Å². The summed E-state index contributed by atoms with van der Waals surface area (Å²) in [5.41, 5.74) is 3.61. The molecule has 1 heterocycles. The van der Waals surface area contributed by atoms with Gasteiger partial charge in [-0.2, -0.15) is 0 Å². The molecule has 14 heavy (non-hydrogen) atoms. The molecule has 0 aromatic heterocycles. The fourth-order valence-electron chi connectivity index (χ4n) is 1.78. The minimum absolute atomic E-state index is 0.0441. The molecular formula is C11H15N2O-. The lowest BCUT2D eigenvalue weighted by Crippen LogP contribution is -2.49. The maximum atomic E-state index is 12.3. The van der Waals surface area contributed by atoms with Crippen molar-refractivity contribution in [1.29, 1.82) is 0 Å². The van der Waals surface area contributed by atoms with Gasteiger partial charge in [-0.3, -0.25) is 4.76 Å². The maximum absolute atomic E-state index is 12.3. The van der Waals surface area contributed by atoms with Gasteiger partial charge in [-0.1, -0.05) is 37.5 Å². The zero-order valence-corrected chi connectivity index (χ0v) is 8.53. The first-order valence-electron chi connectivity index (χ1n) is 4.79. The van der Waals surface area contributed by atoms with Crippen LogP contribution in [-0.4, -0.2) is 6.54 Å². The molecule has 1 aromatic rings. The molecule has 0 aliphatic carbocycles. The molecule has 0 unspecified atom stereocenters. The summed E-state index contributed by atoms with van der Waals surface area (Å²) in [7, 11) is 0. The standard InChI is InChI=1S/C11H15N2O/c1-11(2)8-12-13(14,9-11)10-6-4-3-5-7-10/h3-8,12H,9H2,1-2H3/q-1/t13-/m0/s1. The molecule has 1 aromatic carbocycles. The summed E-state index contributed by atoms with van der Waals surface area (Å²) in [5, 5.41) is 12.3. The highest BCUT2D eigenvalue weighted by atomic mass is 16.6. The minimum Gasteiger partial charge on any atom is -0.609 e. The van der Waals surface area contributed by atoms with Crippen LogP contribution in [0.15, 0.2) is 30.3 Å². The van der Waals surface area contributed by atoms with E-state index in [4.69, 9.17) is 0 Å². The molecule has 3 heteroatoms. The minimum atomic E-state index is -0.451. The van der Waals surface area contributed by atoms with E-state index in [1.54, 1.807) is 0 Å². The molecule has 0 bridgehead atoms. The number of hydrogen-bond donors (Lipinski definition) is 1. The van der Waals surface area contributed by atoms with Crippen LogP contribution in [0.3, 0.4) is 0 Å². The van der Waals surface area contributed by atoms with Crippen LogP contribution in [-0.2, 0) is 0 Å². The van der Waals surface area contributed by atoms with E-state index in [-0.39, 0.29) is 5.41 Å². The second-order valence-electron chi connectivity index (χ2n) is 4.50. The highest BCUT2D eigenvalue weighted by Gasteiger charge is 2.30. The summed E-state index contributed by atoms with van der Waals surface area (Å²) >= 11 is 0. The summed E-state index contributed by atoms with van der Waals surface area (Å²) in [6, 6.07) is 9.41. The largest absolute Gasteiger partial charge is 0.609 e. The van der Waals surface area contributed by atoms with Crippen LogP contribution in [0.4, 0.5) is 5.69 Å². The molecule has 2 rings (SSSR count). The van der Waals surface area contributed by atoms with E-state index in [0.29, 0.717) is 6.54 Å². The van der Waals surface area contributed by atoms with Gasteiger partial charge in [-0.15, -0.1) is 0 Å². The van der Waals surface area contributed by atoms with E-state index in [9.17, 15) is 5.21 Å². The summed E-state index contributed by atoms with van der Waals surface area (Å²) in [4.78, 5) is 0. The average Bonchev–Trinajstić information content (AvgIpc) is 2.44. The highest BCUT2D eigenvalue weighted by Crippen LogP contribution is 2.33. The number of hydroxylamine groups is 1. The number of quaternary nitrogens is 1. The SMILES string of the molecule is CC1(C)[CH-]N[N@@+]([O-])(c2ccccc2)C1. The van der Waals surface area contributed by atoms with Crippen LogP contribution in [0.5, 0.6) is 0 Å². The topological polar surface area (TPSA) is 35.1 Å². The number of hydrogen-bond acceptors (Lipinski definition) is 2. The smallest absolute Gasteiger partial charge is 0.149 e. The Morgan fingerprint density at radius 3 is 2.50 bits per heavy atom. The van der Waals surface area contributed by atoms with Crippen molar-refractivity contribution in [2.24, 2.45) is 5.41 Å². The van der Waals surface area contributed by atoms with E-state index in [1.165, 1.54) is 0 Å². The van der Waals surface area contributed by atoms with Crippen molar-refractivity contribution < 1.29 is 0 Å². The van der Waals surface area contributed by atoms with Crippen molar-refractivity contribution >= 4 is 5.69 Å². The Morgan fingerprint density at radius 2 is 2.00 bits per heavy atom. The first-order valence-corrected chi connectivity index (χ1v) is 4.79. The van der Waals surface area contributed by atoms with Gasteiger partial charge in [-0.05, 0) is 0 Å². The van der Waals surface area contributed by atoms with Crippen molar-refractivity contribution in [2.75, 3.05) is 6.54 Å².